The summed E-state index contributed by atoms with van der Waals surface area (Å²) in [6.45, 7) is 1.22. The number of hydrogen-bond donors (Lipinski definition) is 2. The van der Waals surface area contributed by atoms with Gasteiger partial charge in [-0.25, -0.2) is 4.79 Å². The average molecular weight is 207 g/mol. The van der Waals surface area contributed by atoms with Gasteiger partial charge in [-0.15, -0.1) is 0 Å². The van der Waals surface area contributed by atoms with Crippen LogP contribution in [0, 0.1) is 0 Å². The fourth-order valence-electron chi connectivity index (χ4n) is 1.31. The van der Waals surface area contributed by atoms with Crippen molar-refractivity contribution >= 4 is 17.6 Å². The van der Waals surface area contributed by atoms with Gasteiger partial charge in [0, 0.05) is 0 Å². The number of para-hydroxylation sites is 2. The van der Waals surface area contributed by atoms with Crippen molar-refractivity contribution in [2.45, 2.75) is 12.5 Å². The summed E-state index contributed by atoms with van der Waals surface area (Å²) in [5, 5.41) is 11.4. The Morgan fingerprint density at radius 1 is 1.47 bits per heavy atom. The molecular weight excluding hydrogens is 198 g/mol. The number of aliphatic carboxylic acids is 1. The van der Waals surface area contributed by atoms with E-state index in [1.165, 1.54) is 6.92 Å². The van der Waals surface area contributed by atoms with Crippen LogP contribution >= 0.6 is 0 Å². The van der Waals surface area contributed by atoms with Gasteiger partial charge in [0.05, 0.1) is 5.69 Å². The van der Waals surface area contributed by atoms with Crippen LogP contribution in [-0.2, 0) is 9.59 Å². The number of amides is 1. The van der Waals surface area contributed by atoms with E-state index in [9.17, 15) is 9.59 Å². The summed E-state index contributed by atoms with van der Waals surface area (Å²) in [6.07, 6.45) is 0. The molecule has 1 aliphatic rings. The Morgan fingerprint density at radius 3 is 2.80 bits per heavy atom. The summed E-state index contributed by atoms with van der Waals surface area (Å²) in [5.74, 6) is -1.62. The lowest BCUT2D eigenvalue weighted by atomic mass is 10.0. The van der Waals surface area contributed by atoms with Crippen molar-refractivity contribution < 1.29 is 19.4 Å². The molecule has 0 saturated carbocycles. The molecule has 0 unspecified atom stereocenters. The number of carboxylic acid groups (broad SMARTS) is 1. The van der Waals surface area contributed by atoms with Gasteiger partial charge in [-0.1, -0.05) is 12.1 Å². The van der Waals surface area contributed by atoms with Gasteiger partial charge in [-0.05, 0) is 19.1 Å². The predicted octanol–water partition coefficient (Wildman–Crippen LogP) is 0.861. The first kappa shape index (κ1) is 9.51. The van der Waals surface area contributed by atoms with E-state index >= 15 is 0 Å². The van der Waals surface area contributed by atoms with E-state index in [1.807, 2.05) is 0 Å². The van der Waals surface area contributed by atoms with Crippen LogP contribution in [-0.4, -0.2) is 22.6 Å². The van der Waals surface area contributed by atoms with Crippen molar-refractivity contribution in [2.24, 2.45) is 0 Å². The summed E-state index contributed by atoms with van der Waals surface area (Å²) in [7, 11) is 0. The number of hydrogen-bond acceptors (Lipinski definition) is 3. The highest BCUT2D eigenvalue weighted by Crippen LogP contribution is 2.33. The molecule has 1 aromatic carbocycles. The van der Waals surface area contributed by atoms with Crippen molar-refractivity contribution in [3.05, 3.63) is 24.3 Å². The molecule has 0 bridgehead atoms. The second-order valence-corrected chi connectivity index (χ2v) is 3.39. The summed E-state index contributed by atoms with van der Waals surface area (Å²) in [6, 6.07) is 6.69. The monoisotopic (exact) mass is 207 g/mol. The van der Waals surface area contributed by atoms with Crippen molar-refractivity contribution in [1.29, 1.82) is 0 Å². The number of carboxylic acids is 1. The van der Waals surface area contributed by atoms with Gasteiger partial charge < -0.3 is 15.2 Å². The SMILES string of the molecule is C[C@]1(C(=O)O)Oc2ccccc2NC1=O. The highest BCUT2D eigenvalue weighted by Gasteiger charge is 2.47. The van der Waals surface area contributed by atoms with E-state index < -0.39 is 17.5 Å². The molecule has 15 heavy (non-hydrogen) atoms. The molecule has 0 spiro atoms. The van der Waals surface area contributed by atoms with E-state index in [4.69, 9.17) is 9.84 Å². The number of nitrogens with one attached hydrogen (secondary N) is 1. The Balaban J connectivity index is 2.46. The third-order valence-corrected chi connectivity index (χ3v) is 2.29. The molecule has 0 radical (unpaired) electrons. The summed E-state index contributed by atoms with van der Waals surface area (Å²) in [4.78, 5) is 22.4. The predicted molar refractivity (Wildman–Crippen MR) is 51.7 cm³/mol. The van der Waals surface area contributed by atoms with Crippen LogP contribution in [0.25, 0.3) is 0 Å². The number of fused-ring (bicyclic) bond motifs is 1. The molecule has 5 nitrogen and oxygen atoms in total. The second kappa shape index (κ2) is 2.98. The Labute approximate surface area is 85.7 Å². The maximum absolute atomic E-state index is 11.5. The molecule has 0 aromatic heterocycles. The third kappa shape index (κ3) is 1.32. The van der Waals surface area contributed by atoms with Gasteiger partial charge in [-0.2, -0.15) is 0 Å². The van der Waals surface area contributed by atoms with E-state index in [1.54, 1.807) is 24.3 Å². The lowest BCUT2D eigenvalue weighted by Gasteiger charge is -2.30. The Kier molecular flexibility index (Phi) is 1.89. The van der Waals surface area contributed by atoms with Gasteiger partial charge in [0.2, 0.25) is 0 Å². The molecule has 2 N–H and O–H groups in total. The van der Waals surface area contributed by atoms with Gasteiger partial charge in [0.25, 0.3) is 11.5 Å². The second-order valence-electron chi connectivity index (χ2n) is 3.39. The number of benzene rings is 1. The van der Waals surface area contributed by atoms with Crippen LogP contribution in [0.1, 0.15) is 6.92 Å². The van der Waals surface area contributed by atoms with Gasteiger partial charge in [0.1, 0.15) is 5.75 Å². The largest absolute Gasteiger partial charge is 0.478 e. The van der Waals surface area contributed by atoms with Crippen molar-refractivity contribution in [2.75, 3.05) is 5.32 Å². The van der Waals surface area contributed by atoms with E-state index in [-0.39, 0.29) is 0 Å². The minimum absolute atomic E-state index is 0.363. The van der Waals surface area contributed by atoms with E-state index in [0.29, 0.717) is 11.4 Å². The number of ether oxygens (including phenoxy) is 1. The molecule has 2 rings (SSSR count). The lowest BCUT2D eigenvalue weighted by molar-refractivity contribution is -0.159. The van der Waals surface area contributed by atoms with E-state index in [2.05, 4.69) is 5.32 Å². The fraction of sp³-hybridized carbons (Fsp3) is 0.200. The zero-order valence-corrected chi connectivity index (χ0v) is 7.98. The standard InChI is InChI=1S/C10H9NO4/c1-10(9(13)14)8(12)11-6-4-2-3-5-7(6)15-10/h2-5H,1H3,(H,11,12)(H,13,14)/t10-/m0/s1. The van der Waals surface area contributed by atoms with E-state index in [0.717, 1.165) is 0 Å². The maximum Gasteiger partial charge on any atom is 0.357 e. The lowest BCUT2D eigenvalue weighted by Crippen LogP contribution is -2.54. The van der Waals surface area contributed by atoms with Crippen LogP contribution in [0.2, 0.25) is 0 Å². The smallest absolute Gasteiger partial charge is 0.357 e. The molecule has 1 heterocycles. The number of rotatable bonds is 1. The molecule has 1 aliphatic heterocycles. The first-order valence-corrected chi connectivity index (χ1v) is 4.37. The van der Waals surface area contributed by atoms with Crippen molar-refractivity contribution in [3.63, 3.8) is 0 Å². The van der Waals surface area contributed by atoms with Crippen LogP contribution in [0.5, 0.6) is 5.75 Å². The molecule has 0 saturated heterocycles. The Morgan fingerprint density at radius 2 is 2.13 bits per heavy atom. The van der Waals surface area contributed by atoms with Gasteiger partial charge in [-0.3, -0.25) is 4.79 Å². The summed E-state index contributed by atoms with van der Waals surface area (Å²) in [5.41, 5.74) is -1.37. The van der Waals surface area contributed by atoms with Crippen LogP contribution in [0.3, 0.4) is 0 Å². The highest BCUT2D eigenvalue weighted by molar-refractivity contribution is 6.13. The summed E-state index contributed by atoms with van der Waals surface area (Å²) >= 11 is 0. The minimum atomic E-state index is -1.85. The topological polar surface area (TPSA) is 75.6 Å². The molecule has 1 atom stereocenters. The maximum atomic E-state index is 11.5. The van der Waals surface area contributed by atoms with Gasteiger partial charge >= 0.3 is 5.97 Å². The average Bonchev–Trinajstić information content (AvgIpc) is 2.19. The molecule has 0 fully saturated rings. The highest BCUT2D eigenvalue weighted by atomic mass is 16.5. The van der Waals surface area contributed by atoms with Crippen molar-refractivity contribution in [3.8, 4) is 5.75 Å². The Bertz CT molecular complexity index is 443. The normalized spacial score (nSPS) is 23.7. The minimum Gasteiger partial charge on any atom is -0.478 e. The number of carbonyl (C=O) groups excluding carboxylic acids is 1. The molecule has 78 valence electrons. The Hall–Kier alpha value is -2.04. The molecule has 0 aliphatic carbocycles. The first-order chi connectivity index (χ1) is 7.04. The van der Waals surface area contributed by atoms with Crippen LogP contribution in [0.4, 0.5) is 5.69 Å². The quantitative estimate of drug-likeness (QED) is 0.670. The first-order valence-electron chi connectivity index (χ1n) is 4.37. The number of anilines is 1. The third-order valence-electron chi connectivity index (χ3n) is 2.29. The number of carbonyl (C=O) groups is 2. The zero-order valence-electron chi connectivity index (χ0n) is 7.98. The summed E-state index contributed by atoms with van der Waals surface area (Å²) < 4.78 is 5.18. The molecule has 5 heteroatoms. The molecule has 1 aromatic rings. The van der Waals surface area contributed by atoms with Gasteiger partial charge in [0.15, 0.2) is 0 Å². The fourth-order valence-corrected chi connectivity index (χ4v) is 1.31. The molecular formula is C10H9NO4. The van der Waals surface area contributed by atoms with Crippen LogP contribution < -0.4 is 10.1 Å². The van der Waals surface area contributed by atoms with Crippen molar-refractivity contribution in [1.82, 2.24) is 0 Å². The zero-order chi connectivity index (χ0) is 11.1. The molecule has 1 amide bonds. The van der Waals surface area contributed by atoms with Crippen LogP contribution in [0.15, 0.2) is 24.3 Å².